The molecule has 0 radical (unpaired) electrons. The number of benzene rings is 3. The van der Waals surface area contributed by atoms with Gasteiger partial charge in [0, 0.05) is 18.3 Å². The largest absolute Gasteiger partial charge is 0.508 e. The van der Waals surface area contributed by atoms with Crippen LogP contribution in [0.5, 0.6) is 5.75 Å². The molecule has 162 valence electrons. The van der Waals surface area contributed by atoms with Crippen LogP contribution in [0.1, 0.15) is 23.9 Å². The minimum atomic E-state index is -4.39. The molecular weight excluding hydrogens is 413 g/mol. The molecule has 1 aromatic heterocycles. The third-order valence-corrected chi connectivity index (χ3v) is 5.17. The third-order valence-electron chi connectivity index (χ3n) is 5.17. The number of halogens is 3. The van der Waals surface area contributed by atoms with Gasteiger partial charge in [0.1, 0.15) is 11.6 Å². The second-order valence-electron chi connectivity index (χ2n) is 7.35. The van der Waals surface area contributed by atoms with Crippen LogP contribution in [-0.2, 0) is 12.7 Å². The van der Waals surface area contributed by atoms with Crippen LogP contribution in [0.4, 0.5) is 13.2 Å². The minimum Gasteiger partial charge on any atom is -0.508 e. The minimum absolute atomic E-state index is 0.226. The first kappa shape index (κ1) is 21.4. The molecule has 0 aliphatic carbocycles. The van der Waals surface area contributed by atoms with Crippen molar-refractivity contribution >= 4 is 12.2 Å². The van der Waals surface area contributed by atoms with Crippen molar-refractivity contribution < 1.29 is 18.3 Å². The van der Waals surface area contributed by atoms with Crippen molar-refractivity contribution in [1.29, 1.82) is 0 Å². The first-order valence-electron chi connectivity index (χ1n) is 10.2. The maximum Gasteiger partial charge on any atom is 0.416 e. The lowest BCUT2D eigenvalue weighted by atomic mass is 10.0. The van der Waals surface area contributed by atoms with E-state index < -0.39 is 11.7 Å². The summed E-state index contributed by atoms with van der Waals surface area (Å²) in [4.78, 5) is 4.55. The molecule has 0 unspecified atom stereocenters. The summed E-state index contributed by atoms with van der Waals surface area (Å²) >= 11 is 0. The molecule has 0 saturated heterocycles. The summed E-state index contributed by atoms with van der Waals surface area (Å²) in [6.45, 7) is 2.60. The van der Waals surface area contributed by atoms with Crippen LogP contribution in [0.15, 0.2) is 79.0 Å². The number of hydrogen-bond acceptors (Lipinski definition) is 2. The summed E-state index contributed by atoms with van der Waals surface area (Å²) in [6.07, 6.45) is 1.16. The van der Waals surface area contributed by atoms with Gasteiger partial charge >= 0.3 is 6.18 Å². The molecule has 1 N–H and O–H groups in total. The Balaban J connectivity index is 1.57. The molecule has 0 bridgehead atoms. The first-order chi connectivity index (χ1) is 15.3. The molecule has 0 aliphatic rings. The molecule has 4 aromatic rings. The fourth-order valence-electron chi connectivity index (χ4n) is 3.42. The van der Waals surface area contributed by atoms with Gasteiger partial charge < -0.3 is 9.67 Å². The van der Waals surface area contributed by atoms with Crippen LogP contribution in [0.3, 0.4) is 0 Å². The van der Waals surface area contributed by atoms with E-state index in [9.17, 15) is 18.3 Å². The van der Waals surface area contributed by atoms with E-state index in [2.05, 4.69) is 4.98 Å². The predicted molar refractivity (Wildman–Crippen MR) is 121 cm³/mol. The van der Waals surface area contributed by atoms with Crippen LogP contribution >= 0.6 is 0 Å². The Morgan fingerprint density at radius 2 is 1.53 bits per heavy atom. The van der Waals surface area contributed by atoms with Crippen LogP contribution in [0, 0.1) is 0 Å². The Morgan fingerprint density at radius 1 is 0.875 bits per heavy atom. The van der Waals surface area contributed by atoms with Gasteiger partial charge in [-0.3, -0.25) is 0 Å². The third kappa shape index (κ3) is 4.75. The number of rotatable bonds is 5. The highest BCUT2D eigenvalue weighted by molar-refractivity contribution is 5.72. The molecule has 0 amide bonds. The number of nitrogens with zero attached hydrogens (tertiary/aromatic N) is 2. The van der Waals surface area contributed by atoms with Crippen molar-refractivity contribution in [3.8, 4) is 28.1 Å². The van der Waals surface area contributed by atoms with Gasteiger partial charge in [-0.15, -0.1) is 0 Å². The normalized spacial score (nSPS) is 11.9. The van der Waals surface area contributed by atoms with Gasteiger partial charge in [-0.2, -0.15) is 13.2 Å². The Hall–Kier alpha value is -3.80. The van der Waals surface area contributed by atoms with E-state index in [1.807, 2.05) is 60.0 Å². The summed E-state index contributed by atoms with van der Waals surface area (Å²) in [6, 6.07) is 20.2. The summed E-state index contributed by atoms with van der Waals surface area (Å²) in [5.41, 5.74) is 3.25. The molecular formula is C26H21F3N2O. The summed E-state index contributed by atoms with van der Waals surface area (Å²) in [7, 11) is 0. The Labute approximate surface area is 184 Å². The molecule has 4 rings (SSSR count). The zero-order valence-electron chi connectivity index (χ0n) is 17.3. The van der Waals surface area contributed by atoms with Crippen molar-refractivity contribution in [2.45, 2.75) is 19.6 Å². The molecule has 3 aromatic carbocycles. The Kier molecular flexibility index (Phi) is 5.86. The summed E-state index contributed by atoms with van der Waals surface area (Å²) in [5, 5.41) is 9.43. The molecule has 6 heteroatoms. The smallest absolute Gasteiger partial charge is 0.416 e. The summed E-state index contributed by atoms with van der Waals surface area (Å²) < 4.78 is 41.0. The number of alkyl halides is 3. The van der Waals surface area contributed by atoms with Crippen molar-refractivity contribution in [2.75, 3.05) is 0 Å². The number of aromatic nitrogens is 2. The van der Waals surface area contributed by atoms with E-state index in [-0.39, 0.29) is 5.75 Å². The predicted octanol–water partition coefficient (Wildman–Crippen LogP) is 7.13. The van der Waals surface area contributed by atoms with E-state index in [0.717, 1.165) is 28.8 Å². The van der Waals surface area contributed by atoms with Crippen molar-refractivity contribution in [2.24, 2.45) is 0 Å². The fourth-order valence-corrected chi connectivity index (χ4v) is 3.42. The highest BCUT2D eigenvalue weighted by atomic mass is 19.4. The number of hydrogen-bond donors (Lipinski definition) is 1. The van der Waals surface area contributed by atoms with Gasteiger partial charge in [0.15, 0.2) is 0 Å². The van der Waals surface area contributed by atoms with Crippen LogP contribution < -0.4 is 0 Å². The lowest BCUT2D eigenvalue weighted by Gasteiger charge is -2.07. The maximum absolute atomic E-state index is 13.0. The lowest BCUT2D eigenvalue weighted by molar-refractivity contribution is -0.137. The molecule has 1 heterocycles. The number of aromatic hydroxyl groups is 1. The molecule has 0 fully saturated rings. The quantitative estimate of drug-likeness (QED) is 0.363. The van der Waals surface area contributed by atoms with Crippen molar-refractivity contribution in [3.63, 3.8) is 0 Å². The molecule has 32 heavy (non-hydrogen) atoms. The van der Waals surface area contributed by atoms with E-state index in [1.165, 1.54) is 6.07 Å². The summed E-state index contributed by atoms with van der Waals surface area (Å²) in [5.74, 6) is 0.895. The zero-order chi connectivity index (χ0) is 22.7. The Morgan fingerprint density at radius 3 is 2.16 bits per heavy atom. The van der Waals surface area contributed by atoms with Gasteiger partial charge in [-0.25, -0.2) is 4.98 Å². The standard InChI is InChI=1S/C26H21F3N2O/c1-2-31-17-24(21-4-3-5-22(16-21)26(27,28)29)30-25(31)15-8-18-6-9-19(10-7-18)20-11-13-23(32)14-12-20/h3-17,32H,2H2,1H3/b15-8+. The molecule has 0 spiro atoms. The average molecular weight is 434 g/mol. The molecule has 0 atom stereocenters. The van der Waals surface area contributed by atoms with Gasteiger partial charge in [0.2, 0.25) is 0 Å². The number of aryl methyl sites for hydroxylation is 1. The second-order valence-corrected chi connectivity index (χ2v) is 7.35. The molecule has 0 aliphatic heterocycles. The van der Waals surface area contributed by atoms with Gasteiger partial charge in [0.25, 0.3) is 0 Å². The van der Waals surface area contributed by atoms with Crippen molar-refractivity contribution in [3.05, 3.63) is 95.9 Å². The fraction of sp³-hybridized carbons (Fsp3) is 0.115. The van der Waals surface area contributed by atoms with Crippen LogP contribution in [0.25, 0.3) is 34.5 Å². The van der Waals surface area contributed by atoms with Gasteiger partial charge in [0.05, 0.1) is 11.3 Å². The Bertz CT molecular complexity index is 1240. The first-order valence-corrected chi connectivity index (χ1v) is 10.2. The second kappa shape index (κ2) is 8.75. The van der Waals surface area contributed by atoms with E-state index in [1.54, 1.807) is 24.4 Å². The molecule has 0 saturated carbocycles. The molecule has 3 nitrogen and oxygen atoms in total. The van der Waals surface area contributed by atoms with Crippen molar-refractivity contribution in [1.82, 2.24) is 9.55 Å². The topological polar surface area (TPSA) is 38.0 Å². The average Bonchev–Trinajstić information content (AvgIpc) is 3.21. The highest BCUT2D eigenvalue weighted by Gasteiger charge is 2.30. The lowest BCUT2D eigenvalue weighted by Crippen LogP contribution is -2.04. The maximum atomic E-state index is 13.0. The number of phenols is 1. The highest BCUT2D eigenvalue weighted by Crippen LogP contribution is 2.32. The monoisotopic (exact) mass is 434 g/mol. The number of imidazole rings is 1. The van der Waals surface area contributed by atoms with E-state index >= 15 is 0 Å². The SMILES string of the molecule is CCn1cc(-c2cccc(C(F)(F)F)c2)nc1/C=C/c1ccc(-c2ccc(O)cc2)cc1. The van der Waals surface area contributed by atoms with Gasteiger partial charge in [-0.05, 0) is 54.0 Å². The van der Waals surface area contributed by atoms with E-state index in [4.69, 9.17) is 0 Å². The van der Waals surface area contributed by atoms with Gasteiger partial charge in [-0.1, -0.05) is 54.6 Å². The zero-order valence-corrected chi connectivity index (χ0v) is 17.3. The van der Waals surface area contributed by atoms with E-state index in [0.29, 0.717) is 23.6 Å². The number of phenolic OH excluding ortho intramolecular Hbond substituents is 1. The van der Waals surface area contributed by atoms with Crippen LogP contribution in [-0.4, -0.2) is 14.7 Å². The van der Waals surface area contributed by atoms with Crippen LogP contribution in [0.2, 0.25) is 0 Å².